The van der Waals surface area contributed by atoms with Crippen LogP contribution >= 0.6 is 11.3 Å². The summed E-state index contributed by atoms with van der Waals surface area (Å²) in [5.74, 6) is -0.441. The van der Waals surface area contributed by atoms with Crippen molar-refractivity contribution in [3.8, 4) is 0 Å². The quantitative estimate of drug-likeness (QED) is 0.429. The van der Waals surface area contributed by atoms with Crippen LogP contribution in [0.2, 0.25) is 0 Å². The number of benzene rings is 1. The number of aromatic amines is 1. The van der Waals surface area contributed by atoms with E-state index in [9.17, 15) is 9.59 Å². The van der Waals surface area contributed by atoms with Gasteiger partial charge >= 0.3 is 0 Å². The number of ketones is 1. The van der Waals surface area contributed by atoms with Crippen LogP contribution in [0.15, 0.2) is 64.9 Å². The van der Waals surface area contributed by atoms with E-state index in [0.29, 0.717) is 54.5 Å². The number of fused-ring (bicyclic) bond motifs is 1. The summed E-state index contributed by atoms with van der Waals surface area (Å²) in [5, 5.41) is 5.29. The van der Waals surface area contributed by atoms with E-state index < -0.39 is 11.7 Å². The number of aromatic nitrogens is 1. The number of aliphatic imine (C=N–C) groups is 1. The number of amides is 1. The van der Waals surface area contributed by atoms with Crippen LogP contribution in [-0.4, -0.2) is 66.0 Å². The fraction of sp³-hybridized carbons (Fsp3) is 0.222. The highest BCUT2D eigenvalue weighted by Gasteiger charge is 2.29. The Kier molecular flexibility index (Phi) is 6.37. The first-order valence-electron chi connectivity index (χ1n) is 11.5. The third-order valence-electron chi connectivity index (χ3n) is 6.43. The Morgan fingerprint density at radius 3 is 2.51 bits per heavy atom. The zero-order chi connectivity index (χ0) is 24.4. The zero-order valence-electron chi connectivity index (χ0n) is 19.5. The summed E-state index contributed by atoms with van der Waals surface area (Å²) in [6, 6.07) is 12.0. The second-order valence-electron chi connectivity index (χ2n) is 8.38. The van der Waals surface area contributed by atoms with Crippen LogP contribution in [0.3, 0.4) is 0 Å². The minimum absolute atomic E-state index is 0.316. The molecule has 0 bridgehead atoms. The van der Waals surface area contributed by atoms with E-state index in [1.807, 2.05) is 47.2 Å². The number of nitrogens with one attached hydrogen (secondary N) is 1. The van der Waals surface area contributed by atoms with Crippen molar-refractivity contribution >= 4 is 46.4 Å². The Morgan fingerprint density at radius 2 is 1.83 bits per heavy atom. The summed E-state index contributed by atoms with van der Waals surface area (Å²) in [6.45, 7) is 6.38. The summed E-state index contributed by atoms with van der Waals surface area (Å²) >= 11 is 1.57. The second-order valence-corrected chi connectivity index (χ2v) is 9.16. The third kappa shape index (κ3) is 4.33. The Morgan fingerprint density at radius 1 is 1.09 bits per heavy atom. The molecule has 0 saturated carbocycles. The molecule has 35 heavy (non-hydrogen) atoms. The fourth-order valence-corrected chi connectivity index (χ4v) is 5.16. The van der Waals surface area contributed by atoms with Crippen molar-refractivity contribution < 1.29 is 14.3 Å². The van der Waals surface area contributed by atoms with Gasteiger partial charge in [0.15, 0.2) is 0 Å². The van der Waals surface area contributed by atoms with Crippen molar-refractivity contribution in [1.29, 1.82) is 0 Å². The molecule has 0 aliphatic carbocycles. The summed E-state index contributed by atoms with van der Waals surface area (Å²) in [6.07, 6.45) is 3.81. The lowest BCUT2D eigenvalue weighted by Gasteiger charge is -2.36. The van der Waals surface area contributed by atoms with E-state index >= 15 is 0 Å². The molecule has 7 nitrogen and oxygen atoms in total. The first kappa shape index (κ1) is 22.9. The van der Waals surface area contributed by atoms with Crippen molar-refractivity contribution in [1.82, 2.24) is 14.8 Å². The molecule has 1 amide bonds. The van der Waals surface area contributed by atoms with Crippen molar-refractivity contribution in [3.05, 3.63) is 87.2 Å². The maximum Gasteiger partial charge on any atom is 0.295 e. The third-order valence-corrected chi connectivity index (χ3v) is 7.11. The van der Waals surface area contributed by atoms with Crippen molar-refractivity contribution in [3.63, 3.8) is 0 Å². The van der Waals surface area contributed by atoms with Gasteiger partial charge in [0.05, 0.1) is 28.9 Å². The maximum absolute atomic E-state index is 13.4. The van der Waals surface area contributed by atoms with Crippen molar-refractivity contribution in [2.45, 2.75) is 6.42 Å². The maximum atomic E-state index is 13.4. The highest BCUT2D eigenvalue weighted by Crippen LogP contribution is 2.20. The van der Waals surface area contributed by atoms with Gasteiger partial charge in [-0.15, -0.1) is 0 Å². The topological polar surface area (TPSA) is 78.0 Å². The Bertz CT molecular complexity index is 1410. The van der Waals surface area contributed by atoms with Crippen LogP contribution in [-0.2, 0) is 9.53 Å². The summed E-state index contributed by atoms with van der Waals surface area (Å²) in [7, 11) is 1.57. The molecule has 2 aromatic heterocycles. The minimum atomic E-state index is -0.543. The molecule has 0 atom stereocenters. The van der Waals surface area contributed by atoms with E-state index in [-0.39, 0.29) is 0 Å². The normalized spacial score (nSPS) is 15.6. The number of carbonyl (C=O) groups excluding carboxylic acids is 2. The summed E-state index contributed by atoms with van der Waals surface area (Å²) < 4.78 is 5.62. The molecule has 5 rings (SSSR count). The van der Waals surface area contributed by atoms with Crippen molar-refractivity contribution in [2.75, 3.05) is 33.3 Å². The van der Waals surface area contributed by atoms with E-state index in [4.69, 9.17) is 4.74 Å². The van der Waals surface area contributed by atoms with Gasteiger partial charge in [0, 0.05) is 61.7 Å². The summed E-state index contributed by atoms with van der Waals surface area (Å²) in [5.41, 5.74) is 3.98. The molecule has 1 fully saturated rings. The van der Waals surface area contributed by atoms with Gasteiger partial charge < -0.3 is 19.5 Å². The molecule has 2 aliphatic rings. The number of methoxy groups -OCH3 is 1. The largest absolute Gasteiger partial charge is 0.500 e. The van der Waals surface area contributed by atoms with Crippen LogP contribution in [0.5, 0.6) is 0 Å². The standard InChI is InChI=1S/C27H26N4O3S/c1-18(19-6-4-3-5-7-19)30-11-13-31(14-12-30)27(33)26(32)21-16-29-25-23(21)22(34-2)8-10-28-24(25)20-9-15-35-17-20/h3-7,9-10,15-17,29H,1,8,11-14H2,2H3. The number of rotatable bonds is 6. The fourth-order valence-electron chi connectivity index (χ4n) is 4.52. The van der Waals surface area contributed by atoms with E-state index in [0.717, 1.165) is 22.5 Å². The van der Waals surface area contributed by atoms with Gasteiger partial charge in [-0.1, -0.05) is 36.9 Å². The lowest BCUT2D eigenvalue weighted by atomic mass is 10.1. The van der Waals surface area contributed by atoms with Gasteiger partial charge in [-0.25, -0.2) is 0 Å². The second kappa shape index (κ2) is 9.76. The molecule has 1 N–H and O–H groups in total. The molecule has 8 heteroatoms. The number of hydrogen-bond acceptors (Lipinski definition) is 6. The molecule has 1 aromatic carbocycles. The number of hydrogen-bond donors (Lipinski definition) is 1. The first-order valence-corrected chi connectivity index (χ1v) is 12.4. The molecule has 4 heterocycles. The van der Waals surface area contributed by atoms with E-state index in [1.54, 1.807) is 35.8 Å². The number of Topliss-reactive ketones (excluding diaryl/α,β-unsaturated/α-hetero) is 1. The smallest absolute Gasteiger partial charge is 0.295 e. The Hall–Kier alpha value is -3.91. The molecule has 0 unspecified atom stereocenters. The molecule has 178 valence electrons. The number of piperazine rings is 1. The number of thiophene rings is 1. The van der Waals surface area contributed by atoms with Gasteiger partial charge in [-0.3, -0.25) is 14.6 Å². The summed E-state index contributed by atoms with van der Waals surface area (Å²) in [4.78, 5) is 38.3. The molecule has 2 aliphatic heterocycles. The van der Waals surface area contributed by atoms with Crippen LogP contribution in [0.4, 0.5) is 0 Å². The van der Waals surface area contributed by atoms with E-state index in [1.165, 1.54) is 0 Å². The highest BCUT2D eigenvalue weighted by atomic mass is 32.1. The Labute approximate surface area is 207 Å². The first-order chi connectivity index (χ1) is 17.1. The lowest BCUT2D eigenvalue weighted by Crippen LogP contribution is -2.50. The number of nitrogens with zero attached hydrogens (tertiary/aromatic N) is 3. The van der Waals surface area contributed by atoms with Crippen LogP contribution in [0.1, 0.15) is 27.9 Å². The van der Waals surface area contributed by atoms with Gasteiger partial charge in [0.2, 0.25) is 0 Å². The van der Waals surface area contributed by atoms with E-state index in [2.05, 4.69) is 21.5 Å². The van der Waals surface area contributed by atoms with Gasteiger partial charge in [-0.2, -0.15) is 11.3 Å². The molecule has 0 spiro atoms. The SMILES string of the molecule is C=C(c1ccccc1)N1CCN(C(=O)C(=O)c2c[nH]c3c2=C(OC)CC=NC=3c2ccsc2)CC1. The number of ether oxygens (including phenoxy) is 1. The molecule has 1 saturated heterocycles. The predicted octanol–water partition coefficient (Wildman–Crippen LogP) is 2.46. The van der Waals surface area contributed by atoms with Crippen LogP contribution in [0, 0.1) is 0 Å². The van der Waals surface area contributed by atoms with Crippen LogP contribution < -0.4 is 10.6 Å². The monoisotopic (exact) mass is 486 g/mol. The molecule has 3 aromatic rings. The van der Waals surface area contributed by atoms with Crippen molar-refractivity contribution in [2.24, 2.45) is 4.99 Å². The zero-order valence-corrected chi connectivity index (χ0v) is 20.3. The van der Waals surface area contributed by atoms with Gasteiger partial charge in [0.1, 0.15) is 5.76 Å². The molecule has 0 radical (unpaired) electrons. The van der Waals surface area contributed by atoms with Gasteiger partial charge in [-0.05, 0) is 17.0 Å². The molecular weight excluding hydrogens is 460 g/mol. The van der Waals surface area contributed by atoms with Gasteiger partial charge in [0.25, 0.3) is 11.7 Å². The molecular formula is C27H26N4O3S. The lowest BCUT2D eigenvalue weighted by molar-refractivity contribution is -0.127. The predicted molar refractivity (Wildman–Crippen MR) is 138 cm³/mol. The van der Waals surface area contributed by atoms with Crippen LogP contribution in [0.25, 0.3) is 17.2 Å². The number of carbonyl (C=O) groups is 2. The average molecular weight is 487 g/mol. The number of H-pyrrole nitrogens is 1. The Balaban J connectivity index is 1.40. The average Bonchev–Trinajstić information content (AvgIpc) is 3.56. The highest BCUT2D eigenvalue weighted by molar-refractivity contribution is 7.08. The minimum Gasteiger partial charge on any atom is -0.500 e.